The number of carbonyl (C=O) groups excluding carboxylic acids is 2. The predicted molar refractivity (Wildman–Crippen MR) is 126 cm³/mol. The number of ether oxygens (including phenoxy) is 1. The van der Waals surface area contributed by atoms with Crippen LogP contribution in [-0.4, -0.2) is 28.1 Å². The fraction of sp³-hybridized carbons (Fsp3) is 0.333. The van der Waals surface area contributed by atoms with E-state index in [1.807, 2.05) is 38.1 Å². The van der Waals surface area contributed by atoms with Gasteiger partial charge in [-0.1, -0.05) is 43.4 Å². The van der Waals surface area contributed by atoms with Crippen molar-refractivity contribution in [3.63, 3.8) is 0 Å². The molecule has 0 radical (unpaired) electrons. The van der Waals surface area contributed by atoms with Crippen LogP contribution in [0.3, 0.4) is 0 Å². The molecule has 0 spiro atoms. The Morgan fingerprint density at radius 2 is 1.75 bits per heavy atom. The summed E-state index contributed by atoms with van der Waals surface area (Å²) in [7, 11) is 0. The molecule has 168 valence electrons. The number of carbonyl (C=O) groups is 2. The van der Waals surface area contributed by atoms with Crippen molar-refractivity contribution >= 4 is 28.8 Å². The molecule has 3 aromatic rings. The van der Waals surface area contributed by atoms with Crippen molar-refractivity contribution in [2.24, 2.45) is 5.92 Å². The monoisotopic (exact) mass is 452 g/mol. The molecule has 2 aromatic carbocycles. The van der Waals surface area contributed by atoms with Crippen LogP contribution in [0.15, 0.2) is 48.5 Å². The lowest BCUT2D eigenvalue weighted by Crippen LogP contribution is -2.23. The standard InChI is InChI=1S/C24H28N4O3S/c1-15(2)12-21-27-28-24(32-21)23(30)26-19-7-5-6-18(13-19)22(29)25-14-17-8-10-20(11-9-17)31-16(3)4/h5-11,13,15-16H,12,14H2,1-4H3,(H,25,29)(H,26,30). The predicted octanol–water partition coefficient (Wildman–Crippen LogP) is 4.71. The van der Waals surface area contributed by atoms with Gasteiger partial charge in [0.15, 0.2) is 0 Å². The van der Waals surface area contributed by atoms with Crippen LogP contribution in [0.2, 0.25) is 0 Å². The second-order valence-electron chi connectivity index (χ2n) is 8.13. The lowest BCUT2D eigenvalue weighted by Gasteiger charge is -2.11. The zero-order chi connectivity index (χ0) is 23.1. The van der Waals surface area contributed by atoms with Gasteiger partial charge in [0.25, 0.3) is 11.8 Å². The van der Waals surface area contributed by atoms with E-state index in [9.17, 15) is 9.59 Å². The Bertz CT molecular complexity index is 1060. The first-order chi connectivity index (χ1) is 15.3. The van der Waals surface area contributed by atoms with Crippen molar-refractivity contribution in [2.45, 2.75) is 46.8 Å². The minimum Gasteiger partial charge on any atom is -0.491 e. The van der Waals surface area contributed by atoms with Crippen LogP contribution in [0.5, 0.6) is 5.75 Å². The molecular weight excluding hydrogens is 424 g/mol. The van der Waals surface area contributed by atoms with Gasteiger partial charge in [0.2, 0.25) is 5.01 Å². The van der Waals surface area contributed by atoms with Gasteiger partial charge in [-0.3, -0.25) is 9.59 Å². The van der Waals surface area contributed by atoms with Crippen LogP contribution in [0.1, 0.15) is 58.4 Å². The Morgan fingerprint density at radius 3 is 2.44 bits per heavy atom. The Balaban J connectivity index is 1.57. The van der Waals surface area contributed by atoms with Crippen molar-refractivity contribution in [1.82, 2.24) is 15.5 Å². The first-order valence-electron chi connectivity index (χ1n) is 10.6. The molecule has 7 nitrogen and oxygen atoms in total. The number of aromatic nitrogens is 2. The molecule has 8 heteroatoms. The molecule has 0 saturated carbocycles. The maximum atomic E-state index is 12.6. The van der Waals surface area contributed by atoms with Crippen molar-refractivity contribution in [2.75, 3.05) is 5.32 Å². The summed E-state index contributed by atoms with van der Waals surface area (Å²) in [6.45, 7) is 8.52. The minimum absolute atomic E-state index is 0.113. The molecule has 0 aliphatic rings. The molecule has 3 rings (SSSR count). The van der Waals surface area contributed by atoms with E-state index in [-0.39, 0.29) is 17.9 Å². The van der Waals surface area contributed by atoms with Crippen molar-refractivity contribution < 1.29 is 14.3 Å². The summed E-state index contributed by atoms with van der Waals surface area (Å²) in [4.78, 5) is 25.1. The molecule has 1 heterocycles. The number of amides is 2. The SMILES string of the molecule is CC(C)Cc1nnc(C(=O)Nc2cccc(C(=O)NCc3ccc(OC(C)C)cc3)c2)s1. The van der Waals surface area contributed by atoms with Crippen LogP contribution in [0, 0.1) is 5.92 Å². The first kappa shape index (κ1) is 23.4. The van der Waals surface area contributed by atoms with E-state index in [1.165, 1.54) is 11.3 Å². The maximum absolute atomic E-state index is 12.6. The molecule has 2 N–H and O–H groups in total. The van der Waals surface area contributed by atoms with E-state index in [0.29, 0.717) is 28.7 Å². The molecule has 0 atom stereocenters. The summed E-state index contributed by atoms with van der Waals surface area (Å²) >= 11 is 1.29. The van der Waals surface area contributed by atoms with Gasteiger partial charge in [0.05, 0.1) is 6.10 Å². The van der Waals surface area contributed by atoms with E-state index >= 15 is 0 Å². The number of nitrogens with zero attached hydrogens (tertiary/aromatic N) is 2. The molecule has 0 saturated heterocycles. The van der Waals surface area contributed by atoms with Crippen LogP contribution in [0.4, 0.5) is 5.69 Å². The lowest BCUT2D eigenvalue weighted by molar-refractivity contribution is 0.0949. The van der Waals surface area contributed by atoms with Crippen LogP contribution < -0.4 is 15.4 Å². The normalized spacial score (nSPS) is 10.9. The largest absolute Gasteiger partial charge is 0.491 e. The van der Waals surface area contributed by atoms with E-state index in [4.69, 9.17) is 4.74 Å². The van der Waals surface area contributed by atoms with E-state index < -0.39 is 0 Å². The summed E-state index contributed by atoms with van der Waals surface area (Å²) in [5.41, 5.74) is 1.95. The smallest absolute Gasteiger partial charge is 0.286 e. The van der Waals surface area contributed by atoms with E-state index in [1.54, 1.807) is 24.3 Å². The van der Waals surface area contributed by atoms with Gasteiger partial charge < -0.3 is 15.4 Å². The fourth-order valence-electron chi connectivity index (χ4n) is 2.94. The molecule has 0 bridgehead atoms. The molecule has 32 heavy (non-hydrogen) atoms. The molecule has 0 unspecified atom stereocenters. The van der Waals surface area contributed by atoms with Crippen molar-refractivity contribution in [3.8, 4) is 5.75 Å². The van der Waals surface area contributed by atoms with Crippen molar-refractivity contribution in [3.05, 3.63) is 69.7 Å². The molecule has 0 aliphatic heterocycles. The van der Waals surface area contributed by atoms with Gasteiger partial charge in [-0.15, -0.1) is 10.2 Å². The van der Waals surface area contributed by atoms with Gasteiger partial charge in [0, 0.05) is 24.2 Å². The number of rotatable bonds is 9. The first-order valence-corrected chi connectivity index (χ1v) is 11.4. The van der Waals surface area contributed by atoms with Crippen LogP contribution in [-0.2, 0) is 13.0 Å². The van der Waals surface area contributed by atoms with Crippen LogP contribution in [0.25, 0.3) is 0 Å². The van der Waals surface area contributed by atoms with Crippen molar-refractivity contribution in [1.29, 1.82) is 0 Å². The number of hydrogen-bond donors (Lipinski definition) is 2. The highest BCUT2D eigenvalue weighted by molar-refractivity contribution is 7.13. The highest BCUT2D eigenvalue weighted by atomic mass is 32.1. The zero-order valence-corrected chi connectivity index (χ0v) is 19.5. The molecule has 0 aliphatic carbocycles. The van der Waals surface area contributed by atoms with E-state index in [0.717, 1.165) is 22.7 Å². The minimum atomic E-state index is -0.334. The summed E-state index contributed by atoms with van der Waals surface area (Å²) in [5.74, 6) is 0.683. The third-order valence-corrected chi connectivity index (χ3v) is 5.32. The van der Waals surface area contributed by atoms with Gasteiger partial charge in [-0.25, -0.2) is 0 Å². The molecule has 0 fully saturated rings. The average Bonchev–Trinajstić information content (AvgIpc) is 3.21. The number of nitrogens with one attached hydrogen (secondary N) is 2. The Labute approximate surface area is 192 Å². The Kier molecular flexibility index (Phi) is 7.94. The number of anilines is 1. The average molecular weight is 453 g/mol. The molecule has 1 aromatic heterocycles. The second kappa shape index (κ2) is 10.9. The maximum Gasteiger partial charge on any atom is 0.286 e. The van der Waals surface area contributed by atoms with Gasteiger partial charge in [-0.2, -0.15) is 0 Å². The lowest BCUT2D eigenvalue weighted by atomic mass is 10.1. The third-order valence-electron chi connectivity index (χ3n) is 4.37. The summed E-state index contributed by atoms with van der Waals surface area (Å²) in [5, 5.41) is 14.9. The second-order valence-corrected chi connectivity index (χ2v) is 9.19. The Hall–Kier alpha value is -3.26. The van der Waals surface area contributed by atoms with Gasteiger partial charge in [-0.05, 0) is 55.7 Å². The number of benzene rings is 2. The highest BCUT2D eigenvalue weighted by Gasteiger charge is 2.15. The topological polar surface area (TPSA) is 93.2 Å². The van der Waals surface area contributed by atoms with Gasteiger partial charge in [0.1, 0.15) is 10.8 Å². The summed E-state index contributed by atoms with van der Waals surface area (Å²) in [6, 6.07) is 14.4. The van der Waals surface area contributed by atoms with Crippen LogP contribution >= 0.6 is 11.3 Å². The number of hydrogen-bond acceptors (Lipinski definition) is 6. The third kappa shape index (κ3) is 6.88. The molecule has 2 amide bonds. The molecular formula is C24H28N4O3S. The quantitative estimate of drug-likeness (QED) is 0.491. The summed E-state index contributed by atoms with van der Waals surface area (Å²) < 4.78 is 5.63. The summed E-state index contributed by atoms with van der Waals surface area (Å²) in [6.07, 6.45) is 0.899. The fourth-order valence-corrected chi connectivity index (χ4v) is 3.89. The highest BCUT2D eigenvalue weighted by Crippen LogP contribution is 2.18. The zero-order valence-electron chi connectivity index (χ0n) is 18.7. The van der Waals surface area contributed by atoms with Gasteiger partial charge >= 0.3 is 0 Å². The Morgan fingerprint density at radius 1 is 1.00 bits per heavy atom. The van der Waals surface area contributed by atoms with E-state index in [2.05, 4.69) is 34.7 Å².